The minimum atomic E-state index is -0.0991. The first-order valence-corrected chi connectivity index (χ1v) is 18.7. The van der Waals surface area contributed by atoms with E-state index in [2.05, 4.69) is 170 Å². The number of rotatable bonds is 4. The van der Waals surface area contributed by atoms with E-state index in [9.17, 15) is 0 Å². The fourth-order valence-corrected chi connectivity index (χ4v) is 9.82. The molecule has 0 saturated carbocycles. The third kappa shape index (κ3) is 4.30. The molecule has 0 fully saturated rings. The number of hydrogen-bond donors (Lipinski definition) is 0. The van der Waals surface area contributed by atoms with Gasteiger partial charge in [0.25, 0.3) is 0 Å². The van der Waals surface area contributed by atoms with Gasteiger partial charge in [0.15, 0.2) is 0 Å². The van der Waals surface area contributed by atoms with Gasteiger partial charge in [-0.05, 0) is 93.2 Å². The second-order valence-electron chi connectivity index (χ2n) is 14.5. The van der Waals surface area contributed by atoms with E-state index in [0.29, 0.717) is 0 Å². The van der Waals surface area contributed by atoms with Crippen LogP contribution < -0.4 is 4.90 Å². The summed E-state index contributed by atoms with van der Waals surface area (Å²) >= 11 is 1.88. The van der Waals surface area contributed by atoms with E-state index in [-0.39, 0.29) is 5.41 Å². The lowest BCUT2D eigenvalue weighted by Crippen LogP contribution is -2.16. The van der Waals surface area contributed by atoms with E-state index in [1.54, 1.807) is 0 Å². The van der Waals surface area contributed by atoms with Crippen molar-refractivity contribution in [1.82, 2.24) is 0 Å². The summed E-state index contributed by atoms with van der Waals surface area (Å²) in [6, 6.07) is 60.0. The minimum absolute atomic E-state index is 0.0991. The first-order valence-electron chi connectivity index (χ1n) is 17.9. The molecule has 0 aliphatic heterocycles. The molecule has 8 aromatic carbocycles. The topological polar surface area (TPSA) is 16.4 Å². The molecule has 1 aliphatic rings. The SMILES string of the molecule is CC1(C)c2ccccc2-c2c(N(c3ccc(-c4ccc5c(c4)sc4cc6ccccc6cc45)cc3)c3ccc4c(c3)oc3ccccc34)cccc21. The Kier molecular flexibility index (Phi) is 6.21. The smallest absolute Gasteiger partial charge is 0.137 e. The van der Waals surface area contributed by atoms with Crippen molar-refractivity contribution in [1.29, 1.82) is 0 Å². The van der Waals surface area contributed by atoms with E-state index in [1.807, 2.05) is 23.5 Å². The summed E-state index contributed by atoms with van der Waals surface area (Å²) in [6.45, 7) is 4.69. The maximum Gasteiger partial charge on any atom is 0.137 e. The van der Waals surface area contributed by atoms with Crippen molar-refractivity contribution in [2.24, 2.45) is 0 Å². The minimum Gasteiger partial charge on any atom is -0.456 e. The largest absolute Gasteiger partial charge is 0.456 e. The van der Waals surface area contributed by atoms with Gasteiger partial charge >= 0.3 is 0 Å². The van der Waals surface area contributed by atoms with E-state index in [0.717, 1.165) is 39.0 Å². The molecule has 1 aliphatic carbocycles. The maximum absolute atomic E-state index is 6.43. The highest BCUT2D eigenvalue weighted by atomic mass is 32.1. The van der Waals surface area contributed by atoms with Crippen molar-refractivity contribution >= 4 is 81.3 Å². The third-order valence-electron chi connectivity index (χ3n) is 11.2. The Morgan fingerprint density at radius 2 is 1.15 bits per heavy atom. The molecule has 2 aromatic heterocycles. The second kappa shape index (κ2) is 10.9. The van der Waals surface area contributed by atoms with Gasteiger partial charge in [-0.3, -0.25) is 0 Å². The molecule has 0 unspecified atom stereocenters. The lowest BCUT2D eigenvalue weighted by atomic mass is 9.82. The second-order valence-corrected chi connectivity index (χ2v) is 15.6. The lowest BCUT2D eigenvalue weighted by molar-refractivity contribution is 0.660. The molecule has 0 N–H and O–H groups in total. The Bertz CT molecular complexity index is 3050. The highest BCUT2D eigenvalue weighted by molar-refractivity contribution is 7.25. The fraction of sp³-hybridized carbons (Fsp3) is 0.0612. The average molecular weight is 684 g/mol. The Labute approximate surface area is 305 Å². The molecule has 0 spiro atoms. The van der Waals surface area contributed by atoms with Gasteiger partial charge in [0.05, 0.1) is 5.69 Å². The number of nitrogens with zero attached hydrogens (tertiary/aromatic N) is 1. The van der Waals surface area contributed by atoms with E-state index < -0.39 is 0 Å². The van der Waals surface area contributed by atoms with Crippen LogP contribution in [-0.2, 0) is 5.41 Å². The molecule has 10 aromatic rings. The van der Waals surface area contributed by atoms with Gasteiger partial charge in [-0.15, -0.1) is 11.3 Å². The van der Waals surface area contributed by atoms with Crippen LogP contribution in [0.2, 0.25) is 0 Å². The molecule has 0 saturated heterocycles. The molecular weight excluding hydrogens is 651 g/mol. The normalized spacial score (nSPS) is 13.3. The Morgan fingerprint density at radius 1 is 0.481 bits per heavy atom. The number of para-hydroxylation sites is 1. The number of fused-ring (bicyclic) bond motifs is 10. The van der Waals surface area contributed by atoms with Gasteiger partial charge in [-0.2, -0.15) is 0 Å². The third-order valence-corrected chi connectivity index (χ3v) is 12.4. The predicted molar refractivity (Wildman–Crippen MR) is 222 cm³/mol. The van der Waals surface area contributed by atoms with E-state index in [1.165, 1.54) is 64.3 Å². The molecule has 0 radical (unpaired) electrons. The molecule has 11 rings (SSSR count). The van der Waals surface area contributed by atoms with Crippen LogP contribution in [0.5, 0.6) is 0 Å². The van der Waals surface area contributed by atoms with Crippen molar-refractivity contribution in [2.45, 2.75) is 19.3 Å². The summed E-state index contributed by atoms with van der Waals surface area (Å²) < 4.78 is 9.07. The van der Waals surface area contributed by atoms with Crippen LogP contribution in [0.15, 0.2) is 168 Å². The Hall–Kier alpha value is -6.16. The van der Waals surface area contributed by atoms with E-state index >= 15 is 0 Å². The van der Waals surface area contributed by atoms with Gasteiger partial charge < -0.3 is 9.32 Å². The van der Waals surface area contributed by atoms with Gasteiger partial charge in [-0.1, -0.05) is 117 Å². The summed E-state index contributed by atoms with van der Waals surface area (Å²) in [4.78, 5) is 2.41. The van der Waals surface area contributed by atoms with Crippen molar-refractivity contribution < 1.29 is 4.42 Å². The summed E-state index contributed by atoms with van der Waals surface area (Å²) in [5.74, 6) is 0. The number of furan rings is 1. The molecule has 2 nitrogen and oxygen atoms in total. The maximum atomic E-state index is 6.43. The van der Waals surface area contributed by atoms with Crippen LogP contribution in [0.25, 0.3) is 75.1 Å². The lowest BCUT2D eigenvalue weighted by Gasteiger charge is -2.29. The van der Waals surface area contributed by atoms with Gasteiger partial charge in [0.2, 0.25) is 0 Å². The van der Waals surface area contributed by atoms with Gasteiger partial charge in [0, 0.05) is 59.4 Å². The van der Waals surface area contributed by atoms with Crippen molar-refractivity contribution in [2.75, 3.05) is 4.90 Å². The summed E-state index contributed by atoms with van der Waals surface area (Å²) in [5.41, 5.74) is 12.8. The molecular formula is C49H33NOS. The number of anilines is 3. The van der Waals surface area contributed by atoms with Crippen LogP contribution in [0.4, 0.5) is 17.1 Å². The van der Waals surface area contributed by atoms with Crippen LogP contribution in [0.1, 0.15) is 25.0 Å². The monoisotopic (exact) mass is 683 g/mol. The zero-order valence-corrected chi connectivity index (χ0v) is 29.7. The van der Waals surface area contributed by atoms with Gasteiger partial charge in [0.1, 0.15) is 11.2 Å². The first-order chi connectivity index (χ1) is 25.5. The molecule has 3 heteroatoms. The van der Waals surface area contributed by atoms with Gasteiger partial charge in [-0.25, -0.2) is 0 Å². The van der Waals surface area contributed by atoms with Crippen LogP contribution >= 0.6 is 11.3 Å². The predicted octanol–water partition coefficient (Wildman–Crippen LogP) is 14.6. The van der Waals surface area contributed by atoms with E-state index in [4.69, 9.17) is 4.42 Å². The van der Waals surface area contributed by atoms with Crippen molar-refractivity contribution in [3.8, 4) is 22.3 Å². The van der Waals surface area contributed by atoms with Crippen LogP contribution in [0.3, 0.4) is 0 Å². The van der Waals surface area contributed by atoms with Crippen LogP contribution in [-0.4, -0.2) is 0 Å². The fourth-order valence-electron chi connectivity index (χ4n) is 8.65. The van der Waals surface area contributed by atoms with Crippen molar-refractivity contribution in [3.63, 3.8) is 0 Å². The molecule has 52 heavy (non-hydrogen) atoms. The van der Waals surface area contributed by atoms with Crippen LogP contribution in [0, 0.1) is 0 Å². The van der Waals surface area contributed by atoms with Crippen molar-refractivity contribution in [3.05, 3.63) is 175 Å². The zero-order chi connectivity index (χ0) is 34.6. The molecule has 246 valence electrons. The highest BCUT2D eigenvalue weighted by Gasteiger charge is 2.37. The molecule has 2 heterocycles. The summed E-state index contributed by atoms with van der Waals surface area (Å²) in [6.07, 6.45) is 0. The Morgan fingerprint density at radius 3 is 2.04 bits per heavy atom. The Balaban J connectivity index is 1.06. The summed E-state index contributed by atoms with van der Waals surface area (Å²) in [5, 5.41) is 7.49. The molecule has 0 amide bonds. The quantitative estimate of drug-likeness (QED) is 0.184. The average Bonchev–Trinajstić information content (AvgIpc) is 3.81. The summed E-state index contributed by atoms with van der Waals surface area (Å²) in [7, 11) is 0. The number of hydrogen-bond acceptors (Lipinski definition) is 3. The molecule has 0 atom stereocenters. The molecule has 0 bridgehead atoms. The highest BCUT2D eigenvalue weighted by Crippen LogP contribution is 2.54. The zero-order valence-electron chi connectivity index (χ0n) is 28.9. The number of benzene rings is 8. The number of thiophene rings is 1. The standard InChI is InChI=1S/C49H33NOS/c1-49(2)41-14-7-5-13-39(41)48-42(49)15-9-16-43(48)50(35-23-25-37-36-12-6-8-17-44(36)51-45(37)29-35)34-21-18-30(19-22-34)33-20-24-38-40-26-31-10-3-4-11-32(31)27-47(40)52-46(38)28-33/h3-29H,1-2H3. The first kappa shape index (κ1) is 29.6.